The molecule has 3 nitrogen and oxygen atoms in total. The summed E-state index contributed by atoms with van der Waals surface area (Å²) >= 11 is 0. The lowest BCUT2D eigenvalue weighted by Gasteiger charge is -1.93. The van der Waals surface area contributed by atoms with Crippen molar-refractivity contribution in [3.8, 4) is 0 Å². The molecule has 0 spiro atoms. The fraction of sp³-hybridized carbons (Fsp3) is 0.250. The first-order valence-electron chi connectivity index (χ1n) is 3.39. The van der Waals surface area contributed by atoms with E-state index in [9.17, 15) is 10.1 Å². The van der Waals surface area contributed by atoms with Crippen molar-refractivity contribution in [3.63, 3.8) is 0 Å². The zero-order valence-corrected chi connectivity index (χ0v) is 6.20. The summed E-state index contributed by atoms with van der Waals surface area (Å²) in [6, 6.07) is 7.49. The largest absolute Gasteiger partial charge is 0.277 e. The van der Waals surface area contributed by atoms with Gasteiger partial charge < -0.3 is 0 Å². The fourth-order valence-electron chi connectivity index (χ4n) is 0.825. The van der Waals surface area contributed by atoms with Crippen LogP contribution in [0.25, 0.3) is 0 Å². The average Bonchev–Trinajstić information content (AvgIpc) is 2.05. The van der Waals surface area contributed by atoms with Crippen LogP contribution in [0, 0.1) is 16.2 Å². The van der Waals surface area contributed by atoms with Crippen LogP contribution in [0.4, 0.5) is 5.69 Å². The molecule has 0 saturated heterocycles. The Morgan fingerprint density at radius 1 is 1.73 bits per heavy atom. The SMILES string of the molecule is CCc1cc[c]c([N+](=O)[O-])c1. The molecule has 0 N–H and O–H groups in total. The van der Waals surface area contributed by atoms with E-state index in [1.165, 1.54) is 0 Å². The summed E-state index contributed by atoms with van der Waals surface area (Å²) in [7, 11) is 0. The van der Waals surface area contributed by atoms with Gasteiger partial charge in [-0.1, -0.05) is 13.0 Å². The number of nitrogens with zero attached hydrogens (tertiary/aromatic N) is 1. The highest BCUT2D eigenvalue weighted by atomic mass is 16.6. The predicted molar refractivity (Wildman–Crippen MR) is 41.3 cm³/mol. The molecule has 0 aliphatic heterocycles. The molecule has 1 rings (SSSR count). The first-order valence-corrected chi connectivity index (χ1v) is 3.39. The van der Waals surface area contributed by atoms with Crippen molar-refractivity contribution in [2.45, 2.75) is 13.3 Å². The topological polar surface area (TPSA) is 43.1 Å². The Morgan fingerprint density at radius 2 is 2.45 bits per heavy atom. The van der Waals surface area contributed by atoms with Gasteiger partial charge in [0.1, 0.15) is 0 Å². The molecule has 0 amide bonds. The maximum Gasteiger partial charge on any atom is 0.277 e. The van der Waals surface area contributed by atoms with Gasteiger partial charge in [-0.2, -0.15) is 0 Å². The molecule has 0 atom stereocenters. The van der Waals surface area contributed by atoms with Gasteiger partial charge in [-0.25, -0.2) is 0 Å². The van der Waals surface area contributed by atoms with Crippen LogP contribution < -0.4 is 0 Å². The van der Waals surface area contributed by atoms with Gasteiger partial charge in [0.25, 0.3) is 5.69 Å². The minimum atomic E-state index is -0.431. The van der Waals surface area contributed by atoms with Crippen LogP contribution in [0.1, 0.15) is 12.5 Å². The molecule has 1 aromatic carbocycles. The molecular weight excluding hydrogens is 142 g/mol. The Balaban J connectivity index is 3.01. The number of rotatable bonds is 2. The monoisotopic (exact) mass is 150 g/mol. The number of hydrogen-bond donors (Lipinski definition) is 0. The second kappa shape index (κ2) is 3.14. The lowest BCUT2D eigenvalue weighted by Crippen LogP contribution is -1.89. The van der Waals surface area contributed by atoms with E-state index in [0.717, 1.165) is 12.0 Å². The molecule has 0 fully saturated rings. The van der Waals surface area contributed by atoms with Crippen LogP contribution in [0.5, 0.6) is 0 Å². The van der Waals surface area contributed by atoms with Crippen molar-refractivity contribution in [2.24, 2.45) is 0 Å². The van der Waals surface area contributed by atoms with E-state index in [4.69, 9.17) is 0 Å². The van der Waals surface area contributed by atoms with Crippen molar-refractivity contribution < 1.29 is 4.92 Å². The maximum atomic E-state index is 10.2. The smallest absolute Gasteiger partial charge is 0.258 e. The van der Waals surface area contributed by atoms with E-state index in [0.29, 0.717) is 0 Å². The molecule has 0 heterocycles. The first-order chi connectivity index (χ1) is 5.24. The summed E-state index contributed by atoms with van der Waals surface area (Å²) in [6.45, 7) is 1.96. The second-order valence-electron chi connectivity index (χ2n) is 2.19. The normalized spacial score (nSPS) is 9.55. The minimum Gasteiger partial charge on any atom is -0.258 e. The highest BCUT2D eigenvalue weighted by molar-refractivity contribution is 5.32. The Bertz CT molecular complexity index is 271. The summed E-state index contributed by atoms with van der Waals surface area (Å²) in [5.41, 5.74) is 1.01. The minimum absolute atomic E-state index is 0.0457. The molecule has 0 saturated carbocycles. The van der Waals surface area contributed by atoms with E-state index >= 15 is 0 Å². The number of benzene rings is 1. The highest BCUT2D eigenvalue weighted by Gasteiger charge is 2.03. The van der Waals surface area contributed by atoms with E-state index in [1.807, 2.05) is 13.0 Å². The van der Waals surface area contributed by atoms with Gasteiger partial charge in [-0.15, -0.1) is 0 Å². The van der Waals surface area contributed by atoms with E-state index in [1.54, 1.807) is 12.1 Å². The van der Waals surface area contributed by atoms with E-state index in [-0.39, 0.29) is 5.69 Å². The summed E-state index contributed by atoms with van der Waals surface area (Å²) < 4.78 is 0. The molecule has 0 unspecified atom stereocenters. The zero-order valence-electron chi connectivity index (χ0n) is 6.20. The third kappa shape index (κ3) is 1.77. The molecule has 11 heavy (non-hydrogen) atoms. The molecule has 0 aromatic heterocycles. The van der Waals surface area contributed by atoms with Gasteiger partial charge in [0.2, 0.25) is 0 Å². The van der Waals surface area contributed by atoms with E-state index < -0.39 is 4.92 Å². The lowest BCUT2D eigenvalue weighted by atomic mass is 10.1. The van der Waals surface area contributed by atoms with Crippen LogP contribution >= 0.6 is 0 Å². The zero-order chi connectivity index (χ0) is 8.27. The third-order valence-corrected chi connectivity index (χ3v) is 1.46. The van der Waals surface area contributed by atoms with Crippen molar-refractivity contribution in [3.05, 3.63) is 39.9 Å². The van der Waals surface area contributed by atoms with Gasteiger partial charge in [0.15, 0.2) is 0 Å². The summed E-state index contributed by atoms with van der Waals surface area (Å²) in [4.78, 5) is 9.81. The molecule has 1 aromatic rings. The molecule has 57 valence electrons. The van der Waals surface area contributed by atoms with Crippen LogP contribution in [-0.4, -0.2) is 4.92 Å². The summed E-state index contributed by atoms with van der Waals surface area (Å²) in [5, 5.41) is 10.2. The molecule has 3 heteroatoms. The predicted octanol–water partition coefficient (Wildman–Crippen LogP) is 1.96. The van der Waals surface area contributed by atoms with Gasteiger partial charge in [-0.3, -0.25) is 10.1 Å². The Hall–Kier alpha value is -1.38. The van der Waals surface area contributed by atoms with Gasteiger partial charge in [-0.05, 0) is 18.1 Å². The van der Waals surface area contributed by atoms with Crippen LogP contribution in [-0.2, 0) is 6.42 Å². The van der Waals surface area contributed by atoms with Crippen molar-refractivity contribution in [1.82, 2.24) is 0 Å². The highest BCUT2D eigenvalue weighted by Crippen LogP contribution is 2.11. The van der Waals surface area contributed by atoms with Crippen molar-refractivity contribution in [2.75, 3.05) is 0 Å². The van der Waals surface area contributed by atoms with Crippen LogP contribution in [0.2, 0.25) is 0 Å². The Kier molecular flexibility index (Phi) is 2.21. The summed E-state index contributed by atoms with van der Waals surface area (Å²) in [6.07, 6.45) is 0.815. The summed E-state index contributed by atoms with van der Waals surface area (Å²) in [5.74, 6) is 0. The Labute approximate surface area is 64.8 Å². The van der Waals surface area contributed by atoms with Crippen LogP contribution in [0.3, 0.4) is 0 Å². The third-order valence-electron chi connectivity index (χ3n) is 1.46. The van der Waals surface area contributed by atoms with Gasteiger partial charge in [0, 0.05) is 6.07 Å². The number of nitro groups is 1. The quantitative estimate of drug-likeness (QED) is 0.477. The average molecular weight is 150 g/mol. The molecular formula is C8H8NO2. The van der Waals surface area contributed by atoms with Gasteiger partial charge in [0.05, 0.1) is 11.0 Å². The fourth-order valence-corrected chi connectivity index (χ4v) is 0.825. The van der Waals surface area contributed by atoms with Crippen molar-refractivity contribution in [1.29, 1.82) is 0 Å². The standard InChI is InChI=1S/C8H8NO2/c1-2-7-4-3-5-8(6-7)9(10)11/h3-4,6H,2H2,1H3. The van der Waals surface area contributed by atoms with Gasteiger partial charge >= 0.3 is 0 Å². The maximum absolute atomic E-state index is 10.2. The van der Waals surface area contributed by atoms with Crippen LogP contribution in [0.15, 0.2) is 18.2 Å². The number of hydrogen-bond acceptors (Lipinski definition) is 2. The van der Waals surface area contributed by atoms with Crippen molar-refractivity contribution >= 4 is 5.69 Å². The van der Waals surface area contributed by atoms with E-state index in [2.05, 4.69) is 6.07 Å². The lowest BCUT2D eigenvalue weighted by molar-refractivity contribution is -0.385. The molecule has 0 bridgehead atoms. The Morgan fingerprint density at radius 3 is 3.00 bits per heavy atom. The number of non-ortho nitro benzene ring substituents is 1. The first kappa shape index (κ1) is 7.72. The number of nitro benzene ring substituents is 1. The second-order valence-corrected chi connectivity index (χ2v) is 2.19. The number of aryl methyl sites for hydroxylation is 1. The molecule has 0 aliphatic rings. The molecule has 0 aliphatic carbocycles. The molecule has 1 radical (unpaired) electrons.